The maximum atomic E-state index is 13.3. The van der Waals surface area contributed by atoms with Gasteiger partial charge in [-0.25, -0.2) is 0 Å². The highest BCUT2D eigenvalue weighted by Gasteiger charge is 2.41. The highest BCUT2D eigenvalue weighted by Crippen LogP contribution is 2.34. The van der Waals surface area contributed by atoms with Gasteiger partial charge in [-0.3, -0.25) is 9.69 Å². The molecule has 1 unspecified atom stereocenters. The van der Waals surface area contributed by atoms with E-state index in [1.807, 2.05) is 35.4 Å². The average molecular weight is 355 g/mol. The Hall–Kier alpha value is -1.85. The summed E-state index contributed by atoms with van der Waals surface area (Å²) in [5.41, 5.74) is 1.86. The summed E-state index contributed by atoms with van der Waals surface area (Å²) in [6.07, 6.45) is 4.04. The van der Waals surface area contributed by atoms with Crippen molar-refractivity contribution >= 4 is 16.8 Å². The zero-order chi connectivity index (χ0) is 18.1. The molecule has 1 N–H and O–H groups in total. The standard InChI is InChI=1S/C21H29N3O2/c1-16(2)23-10-11-26-15-21(13-23)8-5-9-24(14-21)20(25)18-12-22-19-7-4-3-6-17(18)19/h3-4,6-7,12,16,22H,5,8-11,13-15H2,1-2H3. The maximum Gasteiger partial charge on any atom is 0.256 e. The van der Waals surface area contributed by atoms with Crippen LogP contribution in [0.3, 0.4) is 0 Å². The molecule has 4 rings (SSSR count). The molecule has 2 aromatic rings. The van der Waals surface area contributed by atoms with Crippen LogP contribution in [0.4, 0.5) is 0 Å². The molecule has 1 atom stereocenters. The van der Waals surface area contributed by atoms with Crippen molar-refractivity contribution in [1.82, 2.24) is 14.8 Å². The topological polar surface area (TPSA) is 48.6 Å². The first-order valence-corrected chi connectivity index (χ1v) is 9.75. The third-order valence-corrected chi connectivity index (χ3v) is 5.97. The Bertz CT molecular complexity index is 784. The van der Waals surface area contributed by atoms with Crippen LogP contribution in [0.5, 0.6) is 0 Å². The third kappa shape index (κ3) is 3.26. The Balaban J connectivity index is 1.57. The monoisotopic (exact) mass is 355 g/mol. The third-order valence-electron chi connectivity index (χ3n) is 5.97. The van der Waals surface area contributed by atoms with Gasteiger partial charge in [0.05, 0.1) is 18.8 Å². The fourth-order valence-corrected chi connectivity index (χ4v) is 4.51. The Kier molecular flexibility index (Phi) is 4.76. The predicted octanol–water partition coefficient (Wildman–Crippen LogP) is 3.13. The highest BCUT2D eigenvalue weighted by atomic mass is 16.5. The van der Waals surface area contributed by atoms with Crippen LogP contribution in [0.1, 0.15) is 37.0 Å². The van der Waals surface area contributed by atoms with Crippen molar-refractivity contribution < 1.29 is 9.53 Å². The van der Waals surface area contributed by atoms with E-state index >= 15 is 0 Å². The first kappa shape index (κ1) is 17.6. The predicted molar refractivity (Wildman–Crippen MR) is 103 cm³/mol. The number of hydrogen-bond acceptors (Lipinski definition) is 3. The summed E-state index contributed by atoms with van der Waals surface area (Å²) in [5, 5.41) is 1.01. The molecule has 0 bridgehead atoms. The van der Waals surface area contributed by atoms with Crippen molar-refractivity contribution in [2.75, 3.05) is 39.4 Å². The Morgan fingerprint density at radius 1 is 1.23 bits per heavy atom. The number of fused-ring (bicyclic) bond motifs is 1. The Labute approximate surface area is 155 Å². The fourth-order valence-electron chi connectivity index (χ4n) is 4.51. The minimum Gasteiger partial charge on any atom is -0.379 e. The summed E-state index contributed by atoms with van der Waals surface area (Å²) in [6, 6.07) is 8.53. The van der Waals surface area contributed by atoms with Crippen molar-refractivity contribution in [2.45, 2.75) is 32.7 Å². The van der Waals surface area contributed by atoms with E-state index in [1.165, 1.54) is 0 Å². The number of H-pyrrole nitrogens is 1. The highest BCUT2D eigenvalue weighted by molar-refractivity contribution is 6.06. The van der Waals surface area contributed by atoms with Gasteiger partial charge in [0.15, 0.2) is 0 Å². The van der Waals surface area contributed by atoms with E-state index < -0.39 is 0 Å². The minimum absolute atomic E-state index is 0.0563. The number of para-hydroxylation sites is 1. The fraction of sp³-hybridized carbons (Fsp3) is 0.571. The normalized spacial score (nSPS) is 25.1. The zero-order valence-corrected chi connectivity index (χ0v) is 15.8. The molecule has 5 nitrogen and oxygen atoms in total. The molecule has 1 spiro atoms. The molecule has 5 heteroatoms. The van der Waals surface area contributed by atoms with E-state index in [1.54, 1.807) is 0 Å². The molecule has 0 saturated carbocycles. The van der Waals surface area contributed by atoms with Crippen LogP contribution in [-0.2, 0) is 4.74 Å². The van der Waals surface area contributed by atoms with Crippen LogP contribution in [-0.4, -0.2) is 66.1 Å². The Morgan fingerprint density at radius 2 is 2.08 bits per heavy atom. The van der Waals surface area contributed by atoms with Crippen molar-refractivity contribution in [3.63, 3.8) is 0 Å². The molecule has 3 heterocycles. The van der Waals surface area contributed by atoms with Crippen molar-refractivity contribution in [3.8, 4) is 0 Å². The van der Waals surface area contributed by atoms with E-state index in [0.29, 0.717) is 6.04 Å². The van der Waals surface area contributed by atoms with Crippen LogP contribution in [0.25, 0.3) is 10.9 Å². The summed E-state index contributed by atoms with van der Waals surface area (Å²) < 4.78 is 5.97. The van der Waals surface area contributed by atoms with E-state index in [4.69, 9.17) is 4.74 Å². The number of aromatic amines is 1. The van der Waals surface area contributed by atoms with E-state index in [-0.39, 0.29) is 11.3 Å². The molecule has 2 aliphatic heterocycles. The zero-order valence-electron chi connectivity index (χ0n) is 15.8. The summed E-state index contributed by atoms with van der Waals surface area (Å²) in [4.78, 5) is 21.0. The van der Waals surface area contributed by atoms with Gasteiger partial charge in [0.2, 0.25) is 0 Å². The second-order valence-corrected chi connectivity index (χ2v) is 8.20. The quantitative estimate of drug-likeness (QED) is 0.900. The number of carbonyl (C=O) groups is 1. The SMILES string of the molecule is CC(C)N1CCOCC2(CCCN(C(=O)c3c[nH]c4ccccc34)C2)C1. The maximum absolute atomic E-state index is 13.3. The number of carbonyl (C=O) groups excluding carboxylic acids is 1. The second-order valence-electron chi connectivity index (χ2n) is 8.20. The van der Waals surface area contributed by atoms with Crippen molar-refractivity contribution in [2.24, 2.45) is 5.41 Å². The molecule has 1 aromatic heterocycles. The number of rotatable bonds is 2. The van der Waals surface area contributed by atoms with E-state index in [2.05, 4.69) is 23.7 Å². The Morgan fingerprint density at radius 3 is 2.92 bits per heavy atom. The van der Waals surface area contributed by atoms with E-state index in [9.17, 15) is 4.79 Å². The molecular weight excluding hydrogens is 326 g/mol. The van der Waals surface area contributed by atoms with Crippen LogP contribution >= 0.6 is 0 Å². The molecule has 1 aromatic carbocycles. The molecular formula is C21H29N3O2. The lowest BCUT2D eigenvalue weighted by Crippen LogP contribution is -2.53. The number of ether oxygens (including phenoxy) is 1. The van der Waals surface area contributed by atoms with Gasteiger partial charge in [-0.05, 0) is 32.8 Å². The van der Waals surface area contributed by atoms with Crippen LogP contribution in [0, 0.1) is 5.41 Å². The van der Waals surface area contributed by atoms with Gasteiger partial charge >= 0.3 is 0 Å². The number of nitrogens with zero attached hydrogens (tertiary/aromatic N) is 2. The lowest BCUT2D eigenvalue weighted by Gasteiger charge is -2.44. The number of benzene rings is 1. The molecule has 2 aliphatic rings. The first-order chi connectivity index (χ1) is 12.6. The molecule has 2 fully saturated rings. The van der Waals surface area contributed by atoms with Crippen LogP contribution in [0.15, 0.2) is 30.5 Å². The van der Waals surface area contributed by atoms with Gasteiger partial charge in [0.25, 0.3) is 5.91 Å². The number of hydrogen-bond donors (Lipinski definition) is 1. The largest absolute Gasteiger partial charge is 0.379 e. The molecule has 0 radical (unpaired) electrons. The molecule has 2 saturated heterocycles. The lowest BCUT2D eigenvalue weighted by molar-refractivity contribution is 0.00581. The van der Waals surface area contributed by atoms with E-state index in [0.717, 1.165) is 68.7 Å². The van der Waals surface area contributed by atoms with Gasteiger partial charge in [-0.15, -0.1) is 0 Å². The number of aromatic nitrogens is 1. The summed E-state index contributed by atoms with van der Waals surface area (Å²) in [7, 11) is 0. The van der Waals surface area contributed by atoms with Gasteiger partial charge < -0.3 is 14.6 Å². The van der Waals surface area contributed by atoms with Gasteiger partial charge in [0, 0.05) is 54.7 Å². The molecule has 26 heavy (non-hydrogen) atoms. The van der Waals surface area contributed by atoms with Crippen LogP contribution < -0.4 is 0 Å². The lowest BCUT2D eigenvalue weighted by atomic mass is 9.79. The number of amides is 1. The van der Waals surface area contributed by atoms with Gasteiger partial charge in [-0.2, -0.15) is 0 Å². The minimum atomic E-state index is 0.0563. The molecule has 140 valence electrons. The summed E-state index contributed by atoms with van der Waals surface area (Å²) in [5.74, 6) is 0.141. The van der Waals surface area contributed by atoms with Gasteiger partial charge in [-0.1, -0.05) is 18.2 Å². The molecule has 0 aliphatic carbocycles. The molecule has 1 amide bonds. The number of nitrogens with one attached hydrogen (secondary N) is 1. The van der Waals surface area contributed by atoms with Crippen molar-refractivity contribution in [3.05, 3.63) is 36.0 Å². The number of likely N-dealkylation sites (tertiary alicyclic amines) is 1. The first-order valence-electron chi connectivity index (χ1n) is 9.75. The summed E-state index contributed by atoms with van der Waals surface area (Å²) >= 11 is 0. The number of piperidine rings is 1. The van der Waals surface area contributed by atoms with Crippen molar-refractivity contribution in [1.29, 1.82) is 0 Å². The summed E-state index contributed by atoms with van der Waals surface area (Å²) in [6.45, 7) is 9.66. The smallest absolute Gasteiger partial charge is 0.256 e. The average Bonchev–Trinajstić information content (AvgIpc) is 2.97. The van der Waals surface area contributed by atoms with Crippen LogP contribution in [0.2, 0.25) is 0 Å². The van der Waals surface area contributed by atoms with Gasteiger partial charge in [0.1, 0.15) is 0 Å². The second kappa shape index (κ2) is 7.05.